The standard InChI is InChI=1S/C23H21FN2O2/c1-26(16-17-8-3-2-4-9-17)23(28)19-12-7-11-18(14-19)22(27)25-15-20-10-5-6-13-21(20)24/h2-14H,15-16H2,1H3,(H,25,27). The van der Waals surface area contributed by atoms with Crippen molar-refractivity contribution in [2.24, 2.45) is 0 Å². The minimum absolute atomic E-state index is 0.0809. The van der Waals surface area contributed by atoms with Crippen molar-refractivity contribution in [3.63, 3.8) is 0 Å². The van der Waals surface area contributed by atoms with Crippen molar-refractivity contribution in [2.75, 3.05) is 7.05 Å². The smallest absolute Gasteiger partial charge is 0.253 e. The zero-order valence-corrected chi connectivity index (χ0v) is 15.6. The molecule has 0 aliphatic rings. The quantitative estimate of drug-likeness (QED) is 0.706. The van der Waals surface area contributed by atoms with Crippen LogP contribution in [0.5, 0.6) is 0 Å². The molecule has 142 valence electrons. The molecule has 1 N–H and O–H groups in total. The fourth-order valence-electron chi connectivity index (χ4n) is 2.86. The van der Waals surface area contributed by atoms with E-state index in [1.807, 2.05) is 30.3 Å². The zero-order valence-electron chi connectivity index (χ0n) is 15.6. The van der Waals surface area contributed by atoms with Gasteiger partial charge in [0.1, 0.15) is 5.82 Å². The molecule has 3 aromatic carbocycles. The molecule has 0 bridgehead atoms. The Bertz CT molecular complexity index is 973. The normalized spacial score (nSPS) is 10.4. The molecule has 2 amide bonds. The van der Waals surface area contributed by atoms with Gasteiger partial charge in [0.25, 0.3) is 11.8 Å². The highest BCUT2D eigenvalue weighted by atomic mass is 19.1. The fourth-order valence-corrected chi connectivity index (χ4v) is 2.86. The molecule has 0 saturated heterocycles. The third-order valence-corrected chi connectivity index (χ3v) is 4.38. The van der Waals surface area contributed by atoms with Crippen LogP contribution in [0.1, 0.15) is 31.8 Å². The highest BCUT2D eigenvalue weighted by Gasteiger charge is 2.15. The molecule has 5 heteroatoms. The van der Waals surface area contributed by atoms with E-state index in [1.165, 1.54) is 6.07 Å². The van der Waals surface area contributed by atoms with Crippen LogP contribution in [0.25, 0.3) is 0 Å². The first kappa shape index (κ1) is 19.3. The van der Waals surface area contributed by atoms with E-state index in [9.17, 15) is 14.0 Å². The summed E-state index contributed by atoms with van der Waals surface area (Å²) in [4.78, 5) is 26.7. The lowest BCUT2D eigenvalue weighted by molar-refractivity contribution is 0.0785. The summed E-state index contributed by atoms with van der Waals surface area (Å²) in [6.07, 6.45) is 0. The van der Waals surface area contributed by atoms with Gasteiger partial charge in [-0.25, -0.2) is 4.39 Å². The second-order valence-corrected chi connectivity index (χ2v) is 6.50. The van der Waals surface area contributed by atoms with Crippen molar-refractivity contribution in [1.29, 1.82) is 0 Å². The van der Waals surface area contributed by atoms with Crippen LogP contribution >= 0.6 is 0 Å². The second-order valence-electron chi connectivity index (χ2n) is 6.50. The summed E-state index contributed by atoms with van der Waals surface area (Å²) in [6, 6.07) is 22.5. The number of carbonyl (C=O) groups excluding carboxylic acids is 2. The second kappa shape index (κ2) is 8.95. The lowest BCUT2D eigenvalue weighted by Crippen LogP contribution is -2.27. The van der Waals surface area contributed by atoms with Gasteiger partial charge in [-0.3, -0.25) is 9.59 Å². The van der Waals surface area contributed by atoms with Crippen LogP contribution in [0.15, 0.2) is 78.9 Å². The highest BCUT2D eigenvalue weighted by Crippen LogP contribution is 2.12. The Morgan fingerprint density at radius 1 is 0.893 bits per heavy atom. The monoisotopic (exact) mass is 376 g/mol. The van der Waals surface area contributed by atoms with E-state index in [2.05, 4.69) is 5.32 Å². The van der Waals surface area contributed by atoms with Gasteiger partial charge in [0.05, 0.1) is 0 Å². The summed E-state index contributed by atoms with van der Waals surface area (Å²) in [6.45, 7) is 0.557. The topological polar surface area (TPSA) is 49.4 Å². The molecule has 0 saturated carbocycles. The molecule has 0 atom stereocenters. The van der Waals surface area contributed by atoms with E-state index in [0.717, 1.165) is 5.56 Å². The van der Waals surface area contributed by atoms with Gasteiger partial charge >= 0.3 is 0 Å². The van der Waals surface area contributed by atoms with E-state index in [4.69, 9.17) is 0 Å². The maximum atomic E-state index is 13.7. The molecule has 0 unspecified atom stereocenters. The number of nitrogens with zero attached hydrogens (tertiary/aromatic N) is 1. The molecule has 28 heavy (non-hydrogen) atoms. The molecule has 0 heterocycles. The predicted molar refractivity (Wildman–Crippen MR) is 106 cm³/mol. The third-order valence-electron chi connectivity index (χ3n) is 4.38. The van der Waals surface area contributed by atoms with Gasteiger partial charge in [0.15, 0.2) is 0 Å². The molecule has 0 spiro atoms. The number of rotatable bonds is 6. The molecular weight excluding hydrogens is 355 g/mol. The minimum Gasteiger partial charge on any atom is -0.348 e. The maximum absolute atomic E-state index is 13.7. The Morgan fingerprint density at radius 3 is 2.32 bits per heavy atom. The van der Waals surface area contributed by atoms with Crippen LogP contribution in [0.3, 0.4) is 0 Å². The Hall–Kier alpha value is -3.47. The number of halogens is 1. The summed E-state index contributed by atoms with van der Waals surface area (Å²) in [5, 5.41) is 2.69. The van der Waals surface area contributed by atoms with E-state index in [1.54, 1.807) is 54.4 Å². The summed E-state index contributed by atoms with van der Waals surface area (Å²) in [5.74, 6) is -0.898. The average molecular weight is 376 g/mol. The Labute approximate surface area is 163 Å². The van der Waals surface area contributed by atoms with Crippen molar-refractivity contribution in [2.45, 2.75) is 13.1 Å². The van der Waals surface area contributed by atoms with Gasteiger partial charge in [0.2, 0.25) is 0 Å². The number of amides is 2. The van der Waals surface area contributed by atoms with Crippen molar-refractivity contribution in [3.8, 4) is 0 Å². The molecule has 0 radical (unpaired) electrons. The first-order valence-corrected chi connectivity index (χ1v) is 8.95. The highest BCUT2D eigenvalue weighted by molar-refractivity contribution is 5.99. The molecule has 0 aromatic heterocycles. The number of carbonyl (C=O) groups is 2. The third kappa shape index (κ3) is 4.82. The van der Waals surface area contributed by atoms with Crippen LogP contribution in [0.4, 0.5) is 4.39 Å². The average Bonchev–Trinajstić information content (AvgIpc) is 2.73. The fraction of sp³-hybridized carbons (Fsp3) is 0.130. The molecular formula is C23H21FN2O2. The first-order valence-electron chi connectivity index (χ1n) is 8.95. The molecule has 0 fully saturated rings. The van der Waals surface area contributed by atoms with Gasteiger partial charge in [-0.2, -0.15) is 0 Å². The first-order chi connectivity index (χ1) is 13.5. The molecule has 3 rings (SSSR count). The van der Waals surface area contributed by atoms with Gasteiger partial charge in [-0.1, -0.05) is 54.6 Å². The van der Waals surface area contributed by atoms with E-state index in [0.29, 0.717) is 23.2 Å². The van der Waals surface area contributed by atoms with Crippen molar-refractivity contribution < 1.29 is 14.0 Å². The summed E-state index contributed by atoms with van der Waals surface area (Å²) in [5.41, 5.74) is 2.22. The van der Waals surface area contributed by atoms with Crippen LogP contribution in [-0.2, 0) is 13.1 Å². The minimum atomic E-state index is -0.366. The Kier molecular flexibility index (Phi) is 6.17. The summed E-state index contributed by atoms with van der Waals surface area (Å²) >= 11 is 0. The molecule has 4 nitrogen and oxygen atoms in total. The number of nitrogens with one attached hydrogen (secondary N) is 1. The van der Waals surface area contributed by atoms with Crippen LogP contribution in [0, 0.1) is 5.82 Å². The Balaban J connectivity index is 1.66. The van der Waals surface area contributed by atoms with E-state index >= 15 is 0 Å². The number of benzene rings is 3. The van der Waals surface area contributed by atoms with Gasteiger partial charge in [-0.05, 0) is 29.8 Å². The molecule has 3 aromatic rings. The van der Waals surface area contributed by atoms with E-state index in [-0.39, 0.29) is 24.2 Å². The summed E-state index contributed by atoms with van der Waals surface area (Å²) in [7, 11) is 1.72. The predicted octanol–water partition coefficient (Wildman–Crippen LogP) is 4.03. The SMILES string of the molecule is CN(Cc1ccccc1)C(=O)c1cccc(C(=O)NCc2ccccc2F)c1. The van der Waals surface area contributed by atoms with Gasteiger partial charge in [0, 0.05) is 36.8 Å². The summed E-state index contributed by atoms with van der Waals surface area (Å²) < 4.78 is 13.7. The van der Waals surface area contributed by atoms with Crippen LogP contribution in [0.2, 0.25) is 0 Å². The van der Waals surface area contributed by atoms with Crippen LogP contribution in [-0.4, -0.2) is 23.8 Å². The van der Waals surface area contributed by atoms with Crippen molar-refractivity contribution in [1.82, 2.24) is 10.2 Å². The van der Waals surface area contributed by atoms with E-state index < -0.39 is 0 Å². The molecule has 0 aliphatic heterocycles. The number of hydrogen-bond acceptors (Lipinski definition) is 2. The van der Waals surface area contributed by atoms with Gasteiger partial charge < -0.3 is 10.2 Å². The zero-order chi connectivity index (χ0) is 19.9. The maximum Gasteiger partial charge on any atom is 0.253 e. The van der Waals surface area contributed by atoms with Crippen LogP contribution < -0.4 is 5.32 Å². The lowest BCUT2D eigenvalue weighted by atomic mass is 10.1. The van der Waals surface area contributed by atoms with Gasteiger partial charge in [-0.15, -0.1) is 0 Å². The largest absolute Gasteiger partial charge is 0.348 e. The van der Waals surface area contributed by atoms with Crippen molar-refractivity contribution >= 4 is 11.8 Å². The lowest BCUT2D eigenvalue weighted by Gasteiger charge is -2.17. The Morgan fingerprint density at radius 2 is 1.57 bits per heavy atom. The number of hydrogen-bond donors (Lipinski definition) is 1. The van der Waals surface area contributed by atoms with Crippen molar-refractivity contribution in [3.05, 3.63) is 107 Å². The molecule has 0 aliphatic carbocycles.